The second-order valence-electron chi connectivity index (χ2n) is 5.91. The molecule has 5 heteroatoms. The predicted molar refractivity (Wildman–Crippen MR) is 102 cm³/mol. The van der Waals surface area contributed by atoms with E-state index >= 15 is 0 Å². The average Bonchev–Trinajstić information content (AvgIpc) is 3.04. The third-order valence-corrected chi connectivity index (χ3v) is 5.12. The number of benzene rings is 2. The normalized spacial score (nSPS) is 10.9. The van der Waals surface area contributed by atoms with Crippen LogP contribution in [-0.2, 0) is 29.1 Å². The van der Waals surface area contributed by atoms with Gasteiger partial charge in [-0.15, -0.1) is 11.3 Å². The van der Waals surface area contributed by atoms with Crippen LogP contribution >= 0.6 is 11.3 Å². The van der Waals surface area contributed by atoms with Gasteiger partial charge in [-0.3, -0.25) is 4.79 Å². The zero-order valence-electron chi connectivity index (χ0n) is 14.3. The minimum Gasteiger partial charge on any atom is -0.380 e. The molecule has 0 spiro atoms. The lowest BCUT2D eigenvalue weighted by atomic mass is 10.1. The van der Waals surface area contributed by atoms with Gasteiger partial charge < -0.3 is 10.1 Å². The summed E-state index contributed by atoms with van der Waals surface area (Å²) in [6.45, 7) is 1.10. The van der Waals surface area contributed by atoms with Crippen molar-refractivity contribution in [1.29, 1.82) is 0 Å². The summed E-state index contributed by atoms with van der Waals surface area (Å²) in [6.07, 6.45) is 2.17. The molecule has 0 aliphatic carbocycles. The number of ether oxygens (including phenoxy) is 1. The van der Waals surface area contributed by atoms with Crippen LogP contribution in [0.25, 0.3) is 10.2 Å². The Bertz CT molecular complexity index is 811. The summed E-state index contributed by atoms with van der Waals surface area (Å²) in [4.78, 5) is 16.7. The number of hydrogen-bond acceptors (Lipinski definition) is 4. The largest absolute Gasteiger partial charge is 0.380 e. The third kappa shape index (κ3) is 4.87. The summed E-state index contributed by atoms with van der Waals surface area (Å²) in [5.74, 6) is 0.0772. The molecule has 0 fully saturated rings. The Morgan fingerprint density at radius 3 is 2.68 bits per heavy atom. The number of aromatic nitrogens is 1. The molecule has 0 radical (unpaired) electrons. The Balaban J connectivity index is 1.45. The molecule has 1 amide bonds. The maximum atomic E-state index is 12.1. The fourth-order valence-electron chi connectivity index (χ4n) is 2.74. The number of methoxy groups -OCH3 is 1. The minimum atomic E-state index is 0.0772. The molecule has 2 aromatic carbocycles. The molecule has 0 aliphatic heterocycles. The number of carbonyl (C=O) groups excluding carboxylic acids is 1. The van der Waals surface area contributed by atoms with Crippen LogP contribution in [0.4, 0.5) is 0 Å². The lowest BCUT2D eigenvalue weighted by molar-refractivity contribution is -0.121. The molecule has 3 rings (SSSR count). The summed E-state index contributed by atoms with van der Waals surface area (Å²) < 4.78 is 6.40. The Labute approximate surface area is 151 Å². The smallest absolute Gasteiger partial charge is 0.220 e. The van der Waals surface area contributed by atoms with Crippen LogP contribution in [-0.4, -0.2) is 18.0 Å². The monoisotopic (exact) mass is 354 g/mol. The molecule has 0 atom stereocenters. The molecule has 0 saturated carbocycles. The molecule has 0 unspecified atom stereocenters. The van der Waals surface area contributed by atoms with Crippen LogP contribution in [0, 0.1) is 0 Å². The van der Waals surface area contributed by atoms with Crippen molar-refractivity contribution in [1.82, 2.24) is 10.3 Å². The van der Waals surface area contributed by atoms with Crippen LogP contribution in [0.2, 0.25) is 0 Å². The summed E-state index contributed by atoms with van der Waals surface area (Å²) in [7, 11) is 1.68. The Morgan fingerprint density at radius 1 is 1.12 bits per heavy atom. The summed E-state index contributed by atoms with van der Waals surface area (Å²) in [5, 5.41) is 4.10. The van der Waals surface area contributed by atoms with Crippen molar-refractivity contribution < 1.29 is 9.53 Å². The summed E-state index contributed by atoms with van der Waals surface area (Å²) >= 11 is 1.71. The first-order chi connectivity index (χ1) is 12.3. The molecular weight excluding hydrogens is 332 g/mol. The summed E-state index contributed by atoms with van der Waals surface area (Å²) in [5.41, 5.74) is 3.25. The molecule has 130 valence electrons. The van der Waals surface area contributed by atoms with Crippen molar-refractivity contribution in [3.63, 3.8) is 0 Å². The lowest BCUT2D eigenvalue weighted by Gasteiger charge is -2.10. The number of para-hydroxylation sites is 1. The maximum absolute atomic E-state index is 12.1. The van der Waals surface area contributed by atoms with Crippen molar-refractivity contribution in [3.05, 3.63) is 64.7 Å². The maximum Gasteiger partial charge on any atom is 0.220 e. The van der Waals surface area contributed by atoms with Gasteiger partial charge in [0.25, 0.3) is 0 Å². The molecule has 1 N–H and O–H groups in total. The number of hydrogen-bond donors (Lipinski definition) is 1. The highest BCUT2D eigenvalue weighted by atomic mass is 32.1. The first kappa shape index (κ1) is 17.6. The Morgan fingerprint density at radius 2 is 1.88 bits per heavy atom. The molecule has 1 heterocycles. The van der Waals surface area contributed by atoms with E-state index in [-0.39, 0.29) is 5.91 Å². The van der Waals surface area contributed by atoms with Gasteiger partial charge in [-0.2, -0.15) is 0 Å². The molecule has 25 heavy (non-hydrogen) atoms. The zero-order chi connectivity index (χ0) is 17.5. The molecule has 1 aromatic heterocycles. The van der Waals surface area contributed by atoms with E-state index in [0.717, 1.165) is 34.5 Å². The number of nitrogens with one attached hydrogen (secondary N) is 1. The number of amides is 1. The number of fused-ring (bicyclic) bond motifs is 1. The van der Waals surface area contributed by atoms with Crippen molar-refractivity contribution in [2.75, 3.05) is 7.11 Å². The van der Waals surface area contributed by atoms with Gasteiger partial charge in [0.15, 0.2) is 0 Å². The Kier molecular flexibility index (Phi) is 6.14. The fraction of sp³-hybridized carbons (Fsp3) is 0.300. The quantitative estimate of drug-likeness (QED) is 0.663. The van der Waals surface area contributed by atoms with Crippen molar-refractivity contribution >= 4 is 27.5 Å². The van der Waals surface area contributed by atoms with Gasteiger partial charge in [0, 0.05) is 20.1 Å². The van der Waals surface area contributed by atoms with Gasteiger partial charge in [-0.05, 0) is 36.1 Å². The van der Waals surface area contributed by atoms with E-state index in [9.17, 15) is 4.79 Å². The second-order valence-corrected chi connectivity index (χ2v) is 7.02. The van der Waals surface area contributed by atoms with E-state index in [0.29, 0.717) is 19.6 Å². The molecule has 4 nitrogen and oxygen atoms in total. The highest BCUT2D eigenvalue weighted by molar-refractivity contribution is 7.18. The Hall–Kier alpha value is -2.24. The SMILES string of the molecule is COCc1ccccc1CNC(=O)CCCc1nc2ccccc2s1. The fourth-order valence-corrected chi connectivity index (χ4v) is 3.74. The van der Waals surface area contributed by atoms with E-state index in [2.05, 4.69) is 16.4 Å². The molecule has 3 aromatic rings. The van der Waals surface area contributed by atoms with Gasteiger partial charge in [0.2, 0.25) is 5.91 Å². The van der Waals surface area contributed by atoms with Gasteiger partial charge in [-0.1, -0.05) is 36.4 Å². The standard InChI is InChI=1S/C20H22N2O2S/c1-24-14-16-8-3-2-7-15(16)13-21-19(23)11-6-12-20-22-17-9-4-5-10-18(17)25-20/h2-5,7-10H,6,11-14H2,1H3,(H,21,23). The molecule has 0 bridgehead atoms. The molecule has 0 saturated heterocycles. The first-order valence-corrected chi connectivity index (χ1v) is 9.25. The summed E-state index contributed by atoms with van der Waals surface area (Å²) in [6, 6.07) is 16.2. The van der Waals surface area contributed by atoms with Gasteiger partial charge >= 0.3 is 0 Å². The lowest BCUT2D eigenvalue weighted by Crippen LogP contribution is -2.23. The van der Waals surface area contributed by atoms with Crippen LogP contribution in [0.15, 0.2) is 48.5 Å². The number of nitrogens with zero attached hydrogens (tertiary/aromatic N) is 1. The van der Waals surface area contributed by atoms with Crippen molar-refractivity contribution in [3.8, 4) is 0 Å². The van der Waals surface area contributed by atoms with Crippen molar-refractivity contribution in [2.24, 2.45) is 0 Å². The number of carbonyl (C=O) groups is 1. The van der Waals surface area contributed by atoms with Gasteiger partial charge in [-0.25, -0.2) is 4.98 Å². The average molecular weight is 354 g/mol. The van der Waals surface area contributed by atoms with E-state index in [1.165, 1.54) is 4.70 Å². The van der Waals surface area contributed by atoms with E-state index in [1.807, 2.05) is 42.5 Å². The minimum absolute atomic E-state index is 0.0772. The van der Waals surface area contributed by atoms with Crippen molar-refractivity contribution in [2.45, 2.75) is 32.4 Å². The van der Waals surface area contributed by atoms with E-state index in [1.54, 1.807) is 18.4 Å². The third-order valence-electron chi connectivity index (χ3n) is 4.03. The van der Waals surface area contributed by atoms with Crippen LogP contribution in [0.3, 0.4) is 0 Å². The number of thiazole rings is 1. The number of rotatable bonds is 8. The van der Waals surface area contributed by atoms with Crippen LogP contribution in [0.1, 0.15) is 29.0 Å². The van der Waals surface area contributed by atoms with Gasteiger partial charge in [0.05, 0.1) is 21.8 Å². The number of aryl methyl sites for hydroxylation is 1. The van der Waals surface area contributed by atoms with Gasteiger partial charge in [0.1, 0.15) is 0 Å². The topological polar surface area (TPSA) is 51.2 Å². The second kappa shape index (κ2) is 8.74. The van der Waals surface area contributed by atoms with E-state index < -0.39 is 0 Å². The molecular formula is C20H22N2O2S. The predicted octanol–water partition coefficient (Wildman–Crippen LogP) is 4.08. The zero-order valence-corrected chi connectivity index (χ0v) is 15.1. The first-order valence-electron chi connectivity index (χ1n) is 8.43. The van der Waals surface area contributed by atoms with Crippen LogP contribution < -0.4 is 5.32 Å². The van der Waals surface area contributed by atoms with E-state index in [4.69, 9.17) is 4.74 Å². The highest BCUT2D eigenvalue weighted by Gasteiger charge is 2.07. The highest BCUT2D eigenvalue weighted by Crippen LogP contribution is 2.22. The van der Waals surface area contributed by atoms with Crippen LogP contribution in [0.5, 0.6) is 0 Å². The molecule has 0 aliphatic rings.